The molecule has 1 heterocycles. The zero-order chi connectivity index (χ0) is 19.0. The monoisotopic (exact) mass is 367 g/mol. The molecule has 0 saturated heterocycles. The van der Waals surface area contributed by atoms with Crippen molar-refractivity contribution in [3.8, 4) is 5.75 Å². The van der Waals surface area contributed by atoms with Crippen LogP contribution >= 0.6 is 0 Å². The first-order chi connectivity index (χ1) is 13.0. The maximum absolute atomic E-state index is 13.1. The minimum absolute atomic E-state index is 0.0318. The Hall–Kier alpha value is -2.56. The Morgan fingerprint density at radius 2 is 1.81 bits per heavy atom. The van der Waals surface area contributed by atoms with Gasteiger partial charge in [0.1, 0.15) is 11.9 Å². The van der Waals surface area contributed by atoms with Gasteiger partial charge in [-0.05, 0) is 63.1 Å². The van der Waals surface area contributed by atoms with Crippen LogP contribution in [0.25, 0.3) is 0 Å². The number of hydrogen-bond acceptors (Lipinski definition) is 5. The van der Waals surface area contributed by atoms with Crippen LogP contribution in [0, 0.1) is 0 Å². The van der Waals surface area contributed by atoms with Gasteiger partial charge in [-0.2, -0.15) is 0 Å². The van der Waals surface area contributed by atoms with Gasteiger partial charge in [0.05, 0.1) is 5.57 Å². The summed E-state index contributed by atoms with van der Waals surface area (Å²) < 4.78 is 5.79. The van der Waals surface area contributed by atoms with Gasteiger partial charge in [-0.25, -0.2) is 4.79 Å². The number of carbonyl (C=O) groups is 2. The van der Waals surface area contributed by atoms with E-state index in [1.807, 2.05) is 6.92 Å². The van der Waals surface area contributed by atoms with E-state index in [-0.39, 0.29) is 23.6 Å². The van der Waals surface area contributed by atoms with Gasteiger partial charge in [0.15, 0.2) is 5.78 Å². The van der Waals surface area contributed by atoms with Crippen LogP contribution in [0.1, 0.15) is 63.4 Å². The Balaban J connectivity index is 1.75. The van der Waals surface area contributed by atoms with E-state index in [9.17, 15) is 14.7 Å². The van der Waals surface area contributed by atoms with Gasteiger partial charge >= 0.3 is 5.97 Å². The lowest BCUT2D eigenvalue weighted by Gasteiger charge is -2.34. The fraction of sp³-hybridized carbons (Fsp3) is 0.455. The Morgan fingerprint density at radius 1 is 1.11 bits per heavy atom. The quantitative estimate of drug-likeness (QED) is 0.794. The van der Waals surface area contributed by atoms with Crippen molar-refractivity contribution >= 4 is 11.8 Å². The molecule has 1 saturated carbocycles. The Kier molecular flexibility index (Phi) is 4.77. The number of esters is 1. The van der Waals surface area contributed by atoms with Gasteiger partial charge in [-0.15, -0.1) is 0 Å². The molecule has 0 aromatic heterocycles. The third-order valence-electron chi connectivity index (χ3n) is 5.80. The summed E-state index contributed by atoms with van der Waals surface area (Å²) in [6, 6.07) is 6.77. The molecular formula is C22H25NO4. The van der Waals surface area contributed by atoms with Crippen LogP contribution in [0.2, 0.25) is 0 Å². The first-order valence-electron chi connectivity index (χ1n) is 9.78. The van der Waals surface area contributed by atoms with E-state index in [1.165, 1.54) is 0 Å². The molecule has 0 spiro atoms. The number of Topliss-reactive ketones (excluding diaryl/α,β-unsaturated/α-hetero) is 1. The molecule has 1 aromatic carbocycles. The van der Waals surface area contributed by atoms with Crippen LogP contribution in [0.15, 0.2) is 46.8 Å². The number of nitrogens with one attached hydrogen (secondary N) is 1. The second-order valence-corrected chi connectivity index (χ2v) is 7.67. The average Bonchev–Trinajstić information content (AvgIpc) is 3.14. The molecule has 4 rings (SSSR count). The Bertz CT molecular complexity index is 828. The third-order valence-corrected chi connectivity index (χ3v) is 5.80. The predicted molar refractivity (Wildman–Crippen MR) is 101 cm³/mol. The molecule has 0 amide bonds. The van der Waals surface area contributed by atoms with Crippen LogP contribution < -0.4 is 5.32 Å². The predicted octanol–water partition coefficient (Wildman–Crippen LogP) is 3.85. The number of allylic oxidation sites excluding steroid dienone is 3. The first kappa shape index (κ1) is 17.8. The number of ketones is 1. The molecule has 0 bridgehead atoms. The van der Waals surface area contributed by atoms with Crippen molar-refractivity contribution in [2.75, 3.05) is 0 Å². The maximum Gasteiger partial charge on any atom is 0.337 e. The van der Waals surface area contributed by atoms with E-state index < -0.39 is 5.92 Å². The molecule has 2 N–H and O–H groups in total. The van der Waals surface area contributed by atoms with Crippen molar-refractivity contribution in [1.82, 2.24) is 5.32 Å². The number of phenolic OH excluding ortho intramolecular Hbond substituents is 1. The van der Waals surface area contributed by atoms with E-state index in [2.05, 4.69) is 5.32 Å². The van der Waals surface area contributed by atoms with Crippen LogP contribution in [0.3, 0.4) is 0 Å². The lowest BCUT2D eigenvalue weighted by atomic mass is 9.75. The molecule has 27 heavy (non-hydrogen) atoms. The summed E-state index contributed by atoms with van der Waals surface area (Å²) in [7, 11) is 0. The molecule has 5 nitrogen and oxygen atoms in total. The highest BCUT2D eigenvalue weighted by molar-refractivity contribution is 6.03. The second-order valence-electron chi connectivity index (χ2n) is 7.67. The minimum Gasteiger partial charge on any atom is -0.508 e. The van der Waals surface area contributed by atoms with Crippen LogP contribution in [0.5, 0.6) is 5.75 Å². The average molecular weight is 367 g/mol. The Morgan fingerprint density at radius 3 is 2.52 bits per heavy atom. The van der Waals surface area contributed by atoms with Gasteiger partial charge in [0.25, 0.3) is 0 Å². The molecule has 3 aliphatic rings. The fourth-order valence-electron chi connectivity index (χ4n) is 4.48. The zero-order valence-corrected chi connectivity index (χ0v) is 15.6. The van der Waals surface area contributed by atoms with E-state index in [4.69, 9.17) is 4.74 Å². The number of benzene rings is 1. The van der Waals surface area contributed by atoms with Crippen molar-refractivity contribution in [1.29, 1.82) is 0 Å². The van der Waals surface area contributed by atoms with Gasteiger partial charge < -0.3 is 15.2 Å². The normalized spacial score (nSPS) is 23.3. The zero-order valence-electron chi connectivity index (χ0n) is 15.6. The molecule has 0 radical (unpaired) electrons. The van der Waals surface area contributed by atoms with Gasteiger partial charge in [0.2, 0.25) is 0 Å². The summed E-state index contributed by atoms with van der Waals surface area (Å²) >= 11 is 0. The minimum atomic E-state index is -0.441. The highest BCUT2D eigenvalue weighted by atomic mass is 16.5. The second kappa shape index (κ2) is 7.22. The molecule has 1 aliphatic heterocycles. The number of aromatic hydroxyl groups is 1. The number of dihydropyridines is 1. The Labute approximate surface area is 159 Å². The summed E-state index contributed by atoms with van der Waals surface area (Å²) in [4.78, 5) is 25.9. The standard InChI is InChI=1S/C22H25NO4/c1-13-19(22(26)27-16-5-2-3-6-16)20(14-9-11-15(24)12-10-14)21-17(23-13)7-4-8-18(21)25/h9-12,16,20,23-24H,2-8H2,1H3/t20-/m0/s1. The topological polar surface area (TPSA) is 75.6 Å². The number of phenols is 1. The van der Waals surface area contributed by atoms with E-state index in [1.54, 1.807) is 24.3 Å². The number of ether oxygens (including phenoxy) is 1. The molecule has 5 heteroatoms. The lowest BCUT2D eigenvalue weighted by Crippen LogP contribution is -2.35. The largest absolute Gasteiger partial charge is 0.508 e. The lowest BCUT2D eigenvalue weighted by molar-refractivity contribution is -0.144. The molecule has 2 aliphatic carbocycles. The summed E-state index contributed by atoms with van der Waals surface area (Å²) in [5, 5.41) is 13.0. The van der Waals surface area contributed by atoms with Gasteiger partial charge in [-0.3, -0.25) is 4.79 Å². The van der Waals surface area contributed by atoms with Crippen LogP contribution in [-0.2, 0) is 14.3 Å². The van der Waals surface area contributed by atoms with Gasteiger partial charge in [0, 0.05) is 29.3 Å². The number of hydrogen-bond donors (Lipinski definition) is 2. The van der Waals surface area contributed by atoms with E-state index >= 15 is 0 Å². The molecule has 1 atom stereocenters. The SMILES string of the molecule is CC1=C(C(=O)OC2CCCC2)[C@H](c2ccc(O)cc2)C2=C(CCCC2=O)N1. The fourth-order valence-corrected chi connectivity index (χ4v) is 4.48. The van der Waals surface area contributed by atoms with Crippen molar-refractivity contribution in [3.05, 3.63) is 52.4 Å². The van der Waals surface area contributed by atoms with Crippen molar-refractivity contribution < 1.29 is 19.4 Å². The van der Waals surface area contributed by atoms with Crippen molar-refractivity contribution in [2.24, 2.45) is 0 Å². The smallest absolute Gasteiger partial charge is 0.337 e. The van der Waals surface area contributed by atoms with Crippen LogP contribution in [-0.4, -0.2) is 23.0 Å². The van der Waals surface area contributed by atoms with Crippen molar-refractivity contribution in [3.63, 3.8) is 0 Å². The summed E-state index contributed by atoms with van der Waals surface area (Å²) in [5.74, 6) is -0.536. The summed E-state index contributed by atoms with van der Waals surface area (Å²) in [5.41, 5.74) is 3.69. The van der Waals surface area contributed by atoms with Gasteiger partial charge in [-0.1, -0.05) is 12.1 Å². The number of rotatable bonds is 3. The molecule has 142 valence electrons. The first-order valence-corrected chi connectivity index (χ1v) is 9.78. The van der Waals surface area contributed by atoms with Crippen LogP contribution in [0.4, 0.5) is 0 Å². The highest BCUT2D eigenvalue weighted by Crippen LogP contribution is 2.43. The molecular weight excluding hydrogens is 342 g/mol. The molecule has 0 unspecified atom stereocenters. The van der Waals surface area contributed by atoms with E-state index in [0.29, 0.717) is 17.6 Å². The maximum atomic E-state index is 13.1. The highest BCUT2D eigenvalue weighted by Gasteiger charge is 2.39. The summed E-state index contributed by atoms with van der Waals surface area (Å²) in [6.45, 7) is 1.88. The third kappa shape index (κ3) is 3.38. The van der Waals surface area contributed by atoms with Crippen molar-refractivity contribution in [2.45, 2.75) is 63.9 Å². The molecule has 1 aromatic rings. The van der Waals surface area contributed by atoms with E-state index in [0.717, 1.165) is 55.5 Å². The summed E-state index contributed by atoms with van der Waals surface area (Å²) in [6.07, 6.45) is 6.08. The molecule has 1 fully saturated rings. The number of carbonyl (C=O) groups excluding carboxylic acids is 2.